The highest BCUT2D eigenvalue weighted by Gasteiger charge is 2.31. The number of hydrogen-bond donors (Lipinski definition) is 5. The number of anilines is 1. The van der Waals surface area contributed by atoms with Gasteiger partial charge in [-0.15, -0.1) is 13.2 Å². The van der Waals surface area contributed by atoms with E-state index in [2.05, 4.69) is 20.7 Å². The molecule has 214 valence electrons. The van der Waals surface area contributed by atoms with E-state index in [4.69, 9.17) is 0 Å². The van der Waals surface area contributed by atoms with Crippen LogP contribution in [-0.4, -0.2) is 41.0 Å². The number of carbonyl (C=O) groups excluding carboxylic acids is 2. The zero-order chi connectivity index (χ0) is 29.3. The second kappa shape index (κ2) is 13.3. The van der Waals surface area contributed by atoms with Crippen molar-refractivity contribution in [1.82, 2.24) is 10.6 Å². The molecule has 11 heteroatoms. The van der Waals surface area contributed by atoms with Crippen LogP contribution in [0.25, 0.3) is 0 Å². The number of phenolic OH excluding ortho intramolecular Hbond substituents is 1. The monoisotopic (exact) mass is 559 g/mol. The van der Waals surface area contributed by atoms with E-state index >= 15 is 0 Å². The molecule has 0 saturated heterocycles. The Morgan fingerprint density at radius 3 is 2.38 bits per heavy atom. The lowest BCUT2D eigenvalue weighted by molar-refractivity contribution is -0.274. The maximum absolute atomic E-state index is 12.5. The Hall–Kier alpha value is -4.09. The molecule has 0 radical (unpaired) electrons. The fraction of sp³-hybridized carbons (Fsp3) is 0.310. The third-order valence-electron chi connectivity index (χ3n) is 6.04. The molecule has 0 aliphatic carbocycles. The predicted molar refractivity (Wildman–Crippen MR) is 144 cm³/mol. The first kappa shape index (κ1) is 30.5. The molecule has 2 amide bonds. The Morgan fingerprint density at radius 1 is 1.00 bits per heavy atom. The van der Waals surface area contributed by atoms with E-state index in [1.54, 1.807) is 6.07 Å². The van der Waals surface area contributed by atoms with Crippen molar-refractivity contribution in [2.24, 2.45) is 0 Å². The van der Waals surface area contributed by atoms with Gasteiger partial charge in [-0.3, -0.25) is 9.59 Å². The summed E-state index contributed by atoms with van der Waals surface area (Å²) in [6.45, 7) is 4.36. The number of rotatable bonds is 13. The summed E-state index contributed by atoms with van der Waals surface area (Å²) < 4.78 is 40.7. The van der Waals surface area contributed by atoms with Crippen molar-refractivity contribution >= 4 is 18.0 Å². The second-order valence-corrected chi connectivity index (χ2v) is 9.96. The standard InChI is InChI=1S/C29H32F3N3O5/c1-28(2,35-17-26(38)22-8-11-25(37)24(14-22)34-18-36)15-21-5-3-4-20(12-21)13-27(39)33-16-19-6-9-23(10-7-19)40-29(30,31)32/h3-12,14,18,26,35,37-38H,13,15-17H2,1-2H3,(H,33,39)(H,34,36)/t26-/m1/s1. The van der Waals surface area contributed by atoms with Gasteiger partial charge in [0.1, 0.15) is 11.5 Å². The summed E-state index contributed by atoms with van der Waals surface area (Å²) in [6, 6.07) is 17.4. The highest BCUT2D eigenvalue weighted by atomic mass is 19.4. The highest BCUT2D eigenvalue weighted by Crippen LogP contribution is 2.27. The van der Waals surface area contributed by atoms with Crippen LogP contribution in [0.4, 0.5) is 18.9 Å². The number of alkyl halides is 3. The number of halogens is 3. The first-order chi connectivity index (χ1) is 18.8. The highest BCUT2D eigenvalue weighted by molar-refractivity contribution is 5.78. The average molecular weight is 560 g/mol. The topological polar surface area (TPSA) is 120 Å². The number of nitrogens with one attached hydrogen (secondary N) is 3. The molecular formula is C29H32F3N3O5. The van der Waals surface area contributed by atoms with Crippen molar-refractivity contribution in [2.75, 3.05) is 11.9 Å². The predicted octanol–water partition coefficient (Wildman–Crippen LogP) is 4.36. The minimum absolute atomic E-state index is 0.0986. The first-order valence-corrected chi connectivity index (χ1v) is 12.5. The number of aliphatic hydroxyl groups is 1. The fourth-order valence-electron chi connectivity index (χ4n) is 4.11. The Morgan fingerprint density at radius 2 is 1.70 bits per heavy atom. The second-order valence-electron chi connectivity index (χ2n) is 9.96. The third kappa shape index (κ3) is 9.90. The van der Waals surface area contributed by atoms with Crippen LogP contribution in [0, 0.1) is 0 Å². The third-order valence-corrected chi connectivity index (χ3v) is 6.04. The van der Waals surface area contributed by atoms with Gasteiger partial charge in [-0.05, 0) is 66.8 Å². The normalized spacial score (nSPS) is 12.4. The molecule has 0 aliphatic heterocycles. The molecule has 0 spiro atoms. The van der Waals surface area contributed by atoms with Gasteiger partial charge in [-0.25, -0.2) is 0 Å². The lowest BCUT2D eigenvalue weighted by Gasteiger charge is -2.28. The lowest BCUT2D eigenvalue weighted by Crippen LogP contribution is -2.43. The maximum atomic E-state index is 12.5. The van der Waals surface area contributed by atoms with E-state index < -0.39 is 18.0 Å². The van der Waals surface area contributed by atoms with E-state index in [0.717, 1.165) is 11.1 Å². The van der Waals surface area contributed by atoms with Crippen LogP contribution >= 0.6 is 0 Å². The molecular weight excluding hydrogens is 527 g/mol. The van der Waals surface area contributed by atoms with E-state index in [1.165, 1.54) is 36.4 Å². The summed E-state index contributed by atoms with van der Waals surface area (Å²) in [6.07, 6.45) is -4.45. The van der Waals surface area contributed by atoms with Crippen molar-refractivity contribution in [2.45, 2.75) is 51.2 Å². The van der Waals surface area contributed by atoms with Crippen LogP contribution in [0.15, 0.2) is 66.7 Å². The molecule has 0 bridgehead atoms. The number of hydrogen-bond acceptors (Lipinski definition) is 6. The number of benzene rings is 3. The number of ether oxygens (including phenoxy) is 1. The molecule has 0 unspecified atom stereocenters. The minimum Gasteiger partial charge on any atom is -0.506 e. The van der Waals surface area contributed by atoms with Gasteiger partial charge in [-0.1, -0.05) is 42.5 Å². The molecule has 0 aliphatic rings. The minimum atomic E-state index is -4.76. The SMILES string of the molecule is CC(C)(Cc1cccc(CC(=O)NCc2ccc(OC(F)(F)F)cc2)c1)NC[C@@H](O)c1ccc(O)c(NC=O)c1. The van der Waals surface area contributed by atoms with Crippen LogP contribution in [-0.2, 0) is 29.0 Å². The van der Waals surface area contributed by atoms with Gasteiger partial charge in [0.2, 0.25) is 12.3 Å². The van der Waals surface area contributed by atoms with Crippen LogP contribution in [0.2, 0.25) is 0 Å². The van der Waals surface area contributed by atoms with Gasteiger partial charge in [0.25, 0.3) is 0 Å². The number of phenols is 1. The van der Waals surface area contributed by atoms with E-state index in [-0.39, 0.29) is 42.6 Å². The Balaban J connectivity index is 1.50. The summed E-state index contributed by atoms with van der Waals surface area (Å²) >= 11 is 0. The summed E-state index contributed by atoms with van der Waals surface area (Å²) in [5, 5.41) is 28.9. The fourth-order valence-corrected chi connectivity index (χ4v) is 4.11. The molecule has 3 aromatic carbocycles. The number of aliphatic hydroxyl groups excluding tert-OH is 1. The number of amides is 2. The van der Waals surface area contributed by atoms with Crippen molar-refractivity contribution < 1.29 is 37.7 Å². The van der Waals surface area contributed by atoms with E-state index in [1.807, 2.05) is 38.1 Å². The van der Waals surface area contributed by atoms with Crippen molar-refractivity contribution in [3.05, 3.63) is 89.0 Å². The summed E-state index contributed by atoms with van der Waals surface area (Å²) in [4.78, 5) is 23.2. The number of carbonyl (C=O) groups is 2. The van der Waals surface area contributed by atoms with Gasteiger partial charge < -0.3 is 30.9 Å². The zero-order valence-electron chi connectivity index (χ0n) is 22.1. The van der Waals surface area contributed by atoms with Crippen molar-refractivity contribution in [1.29, 1.82) is 0 Å². The van der Waals surface area contributed by atoms with Crippen LogP contribution in [0.1, 0.15) is 42.2 Å². The average Bonchev–Trinajstić information content (AvgIpc) is 2.87. The van der Waals surface area contributed by atoms with Gasteiger partial charge in [0.05, 0.1) is 18.2 Å². The Labute approximate surface area is 230 Å². The summed E-state index contributed by atoms with van der Waals surface area (Å²) in [5.74, 6) is -0.656. The molecule has 0 saturated carbocycles. The zero-order valence-corrected chi connectivity index (χ0v) is 22.1. The molecule has 0 heterocycles. The Bertz CT molecular complexity index is 1300. The number of aromatic hydroxyl groups is 1. The summed E-state index contributed by atoms with van der Waals surface area (Å²) in [7, 11) is 0. The molecule has 0 aromatic heterocycles. The molecule has 0 fully saturated rings. The molecule has 8 nitrogen and oxygen atoms in total. The number of β-amino-alcohol motifs (C(OH)–C–C–N with tert-alkyl or cyclic N) is 1. The first-order valence-electron chi connectivity index (χ1n) is 12.5. The molecule has 3 aromatic rings. The van der Waals surface area contributed by atoms with Gasteiger partial charge in [0, 0.05) is 18.6 Å². The van der Waals surface area contributed by atoms with Crippen molar-refractivity contribution in [3.63, 3.8) is 0 Å². The molecule has 3 rings (SSSR count). The largest absolute Gasteiger partial charge is 0.573 e. The Kier molecular flexibility index (Phi) is 10.1. The molecule has 1 atom stereocenters. The smallest absolute Gasteiger partial charge is 0.506 e. The van der Waals surface area contributed by atoms with Crippen LogP contribution in [0.3, 0.4) is 0 Å². The molecule has 40 heavy (non-hydrogen) atoms. The van der Waals surface area contributed by atoms with Crippen LogP contribution < -0.4 is 20.7 Å². The van der Waals surface area contributed by atoms with E-state index in [0.29, 0.717) is 24.0 Å². The maximum Gasteiger partial charge on any atom is 0.573 e. The van der Waals surface area contributed by atoms with E-state index in [9.17, 15) is 33.0 Å². The van der Waals surface area contributed by atoms with Crippen LogP contribution in [0.5, 0.6) is 11.5 Å². The summed E-state index contributed by atoms with van der Waals surface area (Å²) in [5.41, 5.74) is 2.75. The van der Waals surface area contributed by atoms with Gasteiger partial charge in [0.15, 0.2) is 0 Å². The molecule has 5 N–H and O–H groups in total. The van der Waals surface area contributed by atoms with Gasteiger partial charge >= 0.3 is 6.36 Å². The quantitative estimate of drug-likeness (QED) is 0.157. The van der Waals surface area contributed by atoms with Crippen molar-refractivity contribution in [3.8, 4) is 11.5 Å². The lowest BCUT2D eigenvalue weighted by atomic mass is 9.93. The van der Waals surface area contributed by atoms with Gasteiger partial charge in [-0.2, -0.15) is 0 Å².